The number of hydrogen-bond acceptors (Lipinski definition) is 15. The number of methoxy groups -OCH3 is 4. The molecular weight excluding hydrogens is 732 g/mol. The number of imide groups is 1. The van der Waals surface area contributed by atoms with Crippen LogP contribution in [0.2, 0.25) is 0 Å². The van der Waals surface area contributed by atoms with Crippen LogP contribution < -0.4 is 18.9 Å². The van der Waals surface area contributed by atoms with Crippen molar-refractivity contribution in [3.05, 3.63) is 29.8 Å². The third kappa shape index (κ3) is 5.25. The first-order valence-electron chi connectivity index (χ1n) is 18.5. The summed E-state index contributed by atoms with van der Waals surface area (Å²) in [4.78, 5) is 43.3. The van der Waals surface area contributed by atoms with Crippen LogP contribution in [0.4, 0.5) is 5.69 Å². The van der Waals surface area contributed by atoms with Gasteiger partial charge in [-0.15, -0.1) is 0 Å². The largest absolute Gasteiger partial charge is 0.461 e. The number of benzene rings is 1. The number of aliphatic hydroxyl groups is 2. The first-order valence-corrected chi connectivity index (χ1v) is 19.8. The van der Waals surface area contributed by atoms with E-state index >= 15 is 0 Å². The Morgan fingerprint density at radius 2 is 1.72 bits per heavy atom. The number of nitrogens with zero attached hydrogens (tertiary/aromatic N) is 2. The number of piperidine rings is 1. The van der Waals surface area contributed by atoms with Gasteiger partial charge in [0.15, 0.2) is 0 Å². The lowest BCUT2D eigenvalue weighted by Crippen LogP contribution is -2.82. The number of carbonyl (C=O) groups excluding carboxylic acids is 3. The average Bonchev–Trinajstić information content (AvgIpc) is 3.65. The van der Waals surface area contributed by atoms with E-state index in [1.807, 2.05) is 0 Å². The summed E-state index contributed by atoms with van der Waals surface area (Å²) in [7, 11) is 2.01. The fraction of sp³-hybridized carbons (Fsp3) is 0.757. The summed E-state index contributed by atoms with van der Waals surface area (Å²) in [5.74, 6) is -2.47. The maximum atomic E-state index is 14.1. The topological polar surface area (TPSA) is 234 Å². The van der Waals surface area contributed by atoms with Gasteiger partial charge < -0.3 is 33.9 Å². The summed E-state index contributed by atoms with van der Waals surface area (Å²) >= 11 is 0. The highest BCUT2D eigenvalue weighted by molar-refractivity contribution is 6.22. The van der Waals surface area contributed by atoms with Gasteiger partial charge >= 0.3 is 5.97 Å². The minimum absolute atomic E-state index is 0.0358. The van der Waals surface area contributed by atoms with Gasteiger partial charge in [-0.05, 0) is 43.9 Å². The molecule has 7 aliphatic rings. The van der Waals surface area contributed by atoms with Crippen LogP contribution >= 0.6 is 0 Å². The summed E-state index contributed by atoms with van der Waals surface area (Å²) in [6.45, 7) is 4.95. The van der Waals surface area contributed by atoms with Crippen LogP contribution in [0.1, 0.15) is 56.3 Å². The van der Waals surface area contributed by atoms with Gasteiger partial charge in [-0.1, -0.05) is 26.0 Å². The molecule has 2 saturated heterocycles. The van der Waals surface area contributed by atoms with Crippen molar-refractivity contribution >= 4 is 23.5 Å². The first-order chi connectivity index (χ1) is 25.4. The molecule has 7 bridgehead atoms. The molecular formula is C37H51ClN2O14. The summed E-state index contributed by atoms with van der Waals surface area (Å²) < 4.78 is 64.1. The molecule has 8 rings (SSSR count). The maximum absolute atomic E-state index is 14.1. The van der Waals surface area contributed by atoms with E-state index in [4.69, 9.17) is 42.3 Å². The molecule has 0 aromatic heterocycles. The Morgan fingerprint density at radius 1 is 1.04 bits per heavy atom. The molecule has 2 heterocycles. The summed E-state index contributed by atoms with van der Waals surface area (Å²) in [6.07, 6.45) is 0.813. The number of amides is 2. The van der Waals surface area contributed by atoms with Gasteiger partial charge in [0, 0.05) is 82.3 Å². The normalized spacial score (nSPS) is 44.6. The first kappa shape index (κ1) is 39.9. The Morgan fingerprint density at radius 3 is 2.30 bits per heavy atom. The number of anilines is 1. The molecule has 6 unspecified atom stereocenters. The van der Waals surface area contributed by atoms with Crippen LogP contribution in [0.5, 0.6) is 0 Å². The van der Waals surface area contributed by atoms with Crippen molar-refractivity contribution in [2.24, 2.45) is 40.4 Å². The molecule has 54 heavy (non-hydrogen) atoms. The quantitative estimate of drug-likeness (QED) is 0.180. The average molecular weight is 783 g/mol. The molecule has 14 atom stereocenters. The molecule has 5 aliphatic carbocycles. The Bertz CT molecular complexity index is 1660. The minimum Gasteiger partial charge on any atom is -0.461 e. The van der Waals surface area contributed by atoms with E-state index in [0.717, 1.165) is 11.3 Å². The maximum Gasteiger partial charge on any atom is 0.340 e. The number of hydrogen-bond donors (Lipinski definition) is 3. The predicted octanol–water partition coefficient (Wildman–Crippen LogP) is -2.09. The second-order valence-corrected chi connectivity index (χ2v) is 17.1. The van der Waals surface area contributed by atoms with Gasteiger partial charge in [-0.25, -0.2) is 9.69 Å². The number of para-hydroxylation sites is 1. The van der Waals surface area contributed by atoms with Gasteiger partial charge in [-0.3, -0.25) is 14.5 Å². The van der Waals surface area contributed by atoms with E-state index in [1.165, 1.54) is 0 Å². The van der Waals surface area contributed by atoms with E-state index in [2.05, 4.69) is 11.8 Å². The zero-order chi connectivity index (χ0) is 39.3. The number of likely N-dealkylation sites (tertiary alicyclic amines) is 1. The van der Waals surface area contributed by atoms with E-state index in [0.29, 0.717) is 25.9 Å². The van der Waals surface area contributed by atoms with Crippen molar-refractivity contribution < 1.29 is 77.2 Å². The number of likely N-dealkylation sites (N-methyl/N-ethyl adjacent to an activating group) is 1. The molecule has 2 amide bonds. The Labute approximate surface area is 316 Å². The second-order valence-electron chi connectivity index (χ2n) is 16.3. The molecule has 7 fully saturated rings. The fourth-order valence-electron chi connectivity index (χ4n) is 13.2. The van der Waals surface area contributed by atoms with Crippen LogP contribution in [0.3, 0.4) is 0 Å². The van der Waals surface area contributed by atoms with Crippen molar-refractivity contribution in [3.63, 3.8) is 0 Å². The number of halogens is 1. The Kier molecular flexibility index (Phi) is 10.1. The summed E-state index contributed by atoms with van der Waals surface area (Å²) in [5, 5.41) is 26.6. The predicted molar refractivity (Wildman–Crippen MR) is 177 cm³/mol. The number of carbonyl (C=O) groups is 3. The van der Waals surface area contributed by atoms with Gasteiger partial charge in [-0.2, -0.15) is 14.0 Å². The number of ether oxygens (including phenoxy) is 5. The summed E-state index contributed by atoms with van der Waals surface area (Å²) in [6, 6.07) is 6.12. The Hall–Kier alpha value is -2.32. The fourth-order valence-corrected chi connectivity index (χ4v) is 13.2. The summed E-state index contributed by atoms with van der Waals surface area (Å²) in [5.41, 5.74) is -4.17. The van der Waals surface area contributed by atoms with Gasteiger partial charge in [0.2, 0.25) is 11.8 Å². The number of rotatable bonds is 9. The van der Waals surface area contributed by atoms with E-state index < -0.39 is 56.3 Å². The molecule has 3 N–H and O–H groups in total. The highest BCUT2D eigenvalue weighted by Crippen LogP contribution is 2.80. The third-order valence-corrected chi connectivity index (χ3v) is 14.5. The lowest BCUT2D eigenvalue weighted by atomic mass is 9.42. The van der Waals surface area contributed by atoms with Gasteiger partial charge in [0.25, 0.3) is 0 Å². The number of fused-ring (bicyclic) bond motifs is 2. The SMILES string of the molecule is CCN1C[C@]2(COC(=O)c3ccccc3N3C(=O)C[C@H](C)C3=O)CCC(OC)C34C2C(OC)[C@](O)(C13)[C@@]1(O)C[C@H](OC)C2C[C@@H]4[C@@H]1[C@H]2OC.[O-][Cl+3]([O-])([O-])O. The molecule has 17 heteroatoms. The zero-order valence-electron chi connectivity index (χ0n) is 31.3. The van der Waals surface area contributed by atoms with Crippen LogP contribution in [-0.2, 0) is 33.3 Å². The molecule has 1 spiro atoms. The van der Waals surface area contributed by atoms with Crippen LogP contribution in [-0.4, -0.2) is 127 Å². The van der Waals surface area contributed by atoms with Crippen molar-refractivity contribution in [2.75, 3.05) is 53.0 Å². The van der Waals surface area contributed by atoms with E-state index in [9.17, 15) is 24.6 Å². The monoisotopic (exact) mass is 782 g/mol. The third-order valence-electron chi connectivity index (χ3n) is 14.5. The second kappa shape index (κ2) is 13.7. The van der Waals surface area contributed by atoms with Crippen LogP contribution in [0.25, 0.3) is 0 Å². The Balaban J connectivity index is 0.000000846. The molecule has 2 aliphatic heterocycles. The molecule has 1 aromatic rings. The molecule has 5 saturated carbocycles. The lowest BCUT2D eigenvalue weighted by molar-refractivity contribution is -1.92. The molecule has 16 nitrogen and oxygen atoms in total. The van der Waals surface area contributed by atoms with Crippen molar-refractivity contribution in [3.8, 4) is 0 Å². The van der Waals surface area contributed by atoms with Crippen molar-refractivity contribution in [1.82, 2.24) is 4.90 Å². The number of esters is 1. The molecule has 1 aromatic carbocycles. The van der Waals surface area contributed by atoms with E-state index in [-0.39, 0.29) is 84.5 Å². The van der Waals surface area contributed by atoms with Gasteiger partial charge in [0.1, 0.15) is 11.2 Å². The standard InChI is InChI=1S/C37H50N2O10.ClHO4/c1-7-38-17-34(18-49-32(42)20-10-8-9-11-23(20)39-26(40)14-19(2)31(39)41)13-12-25(46-4)36-22-15-21-24(45-3)16-35(43,27(22)28(21)47-5)37(44,33(36)38)30(48-6)29(34)36;2-1(3,4)5/h8-11,19,21-22,24-25,27-30,33,43-44H,7,12-18H2,1-6H3;(H,2,3,4,5)/t19-,21?,22+,24-,25?,27+,28-,29?,30?,33?,34-,35+,36?,37-;/m0./s1. The van der Waals surface area contributed by atoms with Crippen molar-refractivity contribution in [1.29, 1.82) is 0 Å². The molecule has 0 radical (unpaired) electrons. The lowest BCUT2D eigenvalue weighted by Gasteiger charge is -2.70. The van der Waals surface area contributed by atoms with E-state index in [1.54, 1.807) is 59.6 Å². The minimum atomic E-state index is -4.69. The van der Waals surface area contributed by atoms with Crippen LogP contribution in [0.15, 0.2) is 24.3 Å². The highest BCUT2D eigenvalue weighted by atomic mass is 35.7. The highest BCUT2D eigenvalue weighted by Gasteiger charge is 2.91. The van der Waals surface area contributed by atoms with Crippen molar-refractivity contribution in [2.45, 2.75) is 87.6 Å². The van der Waals surface area contributed by atoms with Crippen LogP contribution in [0, 0.1) is 50.7 Å². The van der Waals surface area contributed by atoms with Gasteiger partial charge in [0.05, 0.1) is 63.2 Å². The smallest absolute Gasteiger partial charge is 0.340 e. The molecule has 300 valence electrons. The zero-order valence-corrected chi connectivity index (χ0v) is 32.1.